The first-order chi connectivity index (χ1) is 32.8. The maximum absolute atomic E-state index is 6.59. The van der Waals surface area contributed by atoms with Crippen molar-refractivity contribution in [2.75, 3.05) is 31.2 Å². The Hall–Kier alpha value is -6.37. The van der Waals surface area contributed by atoms with Gasteiger partial charge in [-0.2, -0.15) is 10.2 Å². The first-order valence-electron chi connectivity index (χ1n) is 22.3. The molecule has 8 nitrogen and oxygen atoms in total. The predicted octanol–water partition coefficient (Wildman–Crippen LogP) is 12.9. The van der Waals surface area contributed by atoms with Crippen LogP contribution in [0.4, 0.5) is 5.82 Å². The second-order valence-electron chi connectivity index (χ2n) is 16.5. The van der Waals surface area contributed by atoms with E-state index in [0.29, 0.717) is 23.5 Å². The zero-order valence-corrected chi connectivity index (χ0v) is 40.6. The second-order valence-corrected chi connectivity index (χ2v) is 18.3. The van der Waals surface area contributed by atoms with E-state index in [-0.39, 0.29) is 0 Å². The first-order valence-corrected chi connectivity index (χ1v) is 24.1. The third-order valence-corrected chi connectivity index (χ3v) is 13.8. The fourth-order valence-electron chi connectivity index (χ4n) is 9.81. The third kappa shape index (κ3) is 7.97. The molecule has 1 saturated heterocycles. The number of nitrogens with zero attached hydrogens (tertiary/aromatic N) is 7. The molecule has 0 saturated carbocycles. The first kappa shape index (κ1) is 44.5. The Balaban J connectivity index is 0.000000159. The molecule has 0 amide bonds. The highest BCUT2D eigenvalue weighted by Crippen LogP contribution is 2.46. The van der Waals surface area contributed by atoms with Gasteiger partial charge in [0.15, 0.2) is 5.82 Å². The number of morpholine rings is 1. The second kappa shape index (κ2) is 19.1. The molecule has 0 spiro atoms. The smallest absolute Gasteiger partial charge is 0.160 e. The number of aryl methyl sites for hydroxylation is 2. The average Bonchev–Trinajstić information content (AvgIpc) is 3.92. The number of rotatable bonds is 9. The van der Waals surface area contributed by atoms with Crippen LogP contribution in [-0.4, -0.2) is 55.8 Å². The lowest BCUT2D eigenvalue weighted by atomic mass is 9.77. The van der Waals surface area contributed by atoms with Crippen molar-refractivity contribution >= 4 is 73.4 Å². The van der Waals surface area contributed by atoms with Crippen molar-refractivity contribution in [1.29, 1.82) is 0 Å². The van der Waals surface area contributed by atoms with Crippen molar-refractivity contribution in [3.8, 4) is 0 Å². The summed E-state index contributed by atoms with van der Waals surface area (Å²) in [7, 11) is 0. The predicted molar refractivity (Wildman–Crippen MR) is 280 cm³/mol. The van der Waals surface area contributed by atoms with E-state index >= 15 is 0 Å². The summed E-state index contributed by atoms with van der Waals surface area (Å²) in [5.74, 6) is 0.919. The molecule has 0 bridgehead atoms. The lowest BCUT2D eigenvalue weighted by Crippen LogP contribution is -2.40. The van der Waals surface area contributed by atoms with Crippen molar-refractivity contribution in [3.05, 3.63) is 253 Å². The van der Waals surface area contributed by atoms with Crippen molar-refractivity contribution in [2.45, 2.75) is 24.9 Å². The molecule has 1 fully saturated rings. The zero-order valence-electron chi connectivity index (χ0n) is 37.0. The monoisotopic (exact) mass is 1030 g/mol. The number of fused-ring (bicyclic) bond motifs is 2. The highest BCUT2D eigenvalue weighted by atomic mass is 127. The summed E-state index contributed by atoms with van der Waals surface area (Å²) in [6.45, 7) is 6.91. The highest BCUT2D eigenvalue weighted by molar-refractivity contribution is 14.1. The van der Waals surface area contributed by atoms with Gasteiger partial charge in [-0.15, -0.1) is 0 Å². The minimum Gasteiger partial charge on any atom is -0.378 e. The maximum Gasteiger partial charge on any atom is 0.160 e. The van der Waals surface area contributed by atoms with Gasteiger partial charge in [0.1, 0.15) is 25.1 Å². The molecule has 6 aromatic carbocycles. The molecular formula is C56H46Cl2IN7O. The summed E-state index contributed by atoms with van der Waals surface area (Å²) in [6.07, 6.45) is 0. The lowest BCUT2D eigenvalue weighted by Gasteiger charge is -2.37. The minimum atomic E-state index is -0.732. The Kier molecular flexibility index (Phi) is 12.7. The molecule has 0 unspecified atom stereocenters. The topological polar surface area (TPSA) is 73.9 Å². The molecular weight excluding hydrogens is 984 g/mol. The molecule has 0 aliphatic carbocycles. The molecule has 0 N–H and O–H groups in total. The fourth-order valence-corrected chi connectivity index (χ4v) is 11.2. The van der Waals surface area contributed by atoms with Gasteiger partial charge in [-0.3, -0.25) is 0 Å². The van der Waals surface area contributed by atoms with Crippen LogP contribution in [0.1, 0.15) is 44.8 Å². The molecule has 10 aromatic rings. The van der Waals surface area contributed by atoms with E-state index in [9.17, 15) is 0 Å². The molecule has 67 heavy (non-hydrogen) atoms. The number of benzene rings is 6. The number of hydrogen-bond acceptors (Lipinski definition) is 6. The van der Waals surface area contributed by atoms with E-state index in [4.69, 9.17) is 38.1 Å². The van der Waals surface area contributed by atoms with Gasteiger partial charge in [0.2, 0.25) is 0 Å². The molecule has 1 aliphatic rings. The average molecular weight is 1030 g/mol. The molecule has 1 aliphatic heterocycles. The molecule has 11 heteroatoms. The van der Waals surface area contributed by atoms with Crippen molar-refractivity contribution in [3.63, 3.8) is 0 Å². The quantitative estimate of drug-likeness (QED) is 0.0815. The maximum atomic E-state index is 6.59. The summed E-state index contributed by atoms with van der Waals surface area (Å²) in [5.41, 5.74) is 8.96. The van der Waals surface area contributed by atoms with Gasteiger partial charge in [-0.25, -0.2) is 19.3 Å². The Bertz CT molecular complexity index is 3080. The summed E-state index contributed by atoms with van der Waals surface area (Å²) >= 11 is 15.3. The standard InChI is InChI=1S/C30H27ClN4O.C26H19ClIN3/c1-22-28-26(21-27(31)32-22)35(33-29(28)34-17-19-36-20-18-34)30(23-11-5-2-6-12-23,24-13-7-3-8-14-24)25-15-9-4-10-16-25;1-18-24-22(17-23(27)29-18)31(30-25(24)28)26(19-11-5-2-6-12-19,20-13-7-3-8-14-20)21-15-9-4-10-16-21/h2-16,21H,17-20H2,1H3;2-17H,1H3. The van der Waals surface area contributed by atoms with Gasteiger partial charge in [0.05, 0.1) is 46.4 Å². The Morgan fingerprint density at radius 2 is 0.776 bits per heavy atom. The van der Waals surface area contributed by atoms with E-state index in [1.165, 1.54) is 0 Å². The summed E-state index contributed by atoms with van der Waals surface area (Å²) in [4.78, 5) is 11.4. The molecule has 5 heterocycles. The Labute approximate surface area is 414 Å². The van der Waals surface area contributed by atoms with Crippen molar-refractivity contribution in [2.24, 2.45) is 0 Å². The highest BCUT2D eigenvalue weighted by Gasteiger charge is 2.43. The van der Waals surface area contributed by atoms with Crippen LogP contribution in [0.3, 0.4) is 0 Å². The number of aromatic nitrogens is 6. The van der Waals surface area contributed by atoms with Crippen LogP contribution in [0.5, 0.6) is 0 Å². The van der Waals surface area contributed by atoms with E-state index in [1.54, 1.807) is 0 Å². The van der Waals surface area contributed by atoms with Gasteiger partial charge in [-0.05, 0) is 69.8 Å². The van der Waals surface area contributed by atoms with Gasteiger partial charge in [0.25, 0.3) is 0 Å². The number of hydrogen-bond donors (Lipinski definition) is 0. The number of halogens is 3. The van der Waals surface area contributed by atoms with E-state index < -0.39 is 11.1 Å². The summed E-state index contributed by atoms with van der Waals surface area (Å²) in [6, 6.07) is 67.2. The van der Waals surface area contributed by atoms with Crippen LogP contribution >= 0.6 is 45.8 Å². The zero-order chi connectivity index (χ0) is 46.0. The molecule has 0 radical (unpaired) electrons. The van der Waals surface area contributed by atoms with Gasteiger partial charge in [-0.1, -0.05) is 205 Å². The van der Waals surface area contributed by atoms with Crippen LogP contribution in [0, 0.1) is 17.5 Å². The molecule has 4 aromatic heterocycles. The number of pyridine rings is 2. The Morgan fingerprint density at radius 1 is 0.463 bits per heavy atom. The SMILES string of the molecule is Cc1nc(Cl)cc2c1c(I)nn2C(c1ccccc1)(c1ccccc1)c1ccccc1.Cc1nc(Cl)cc2c1c(N1CCOCC1)nn2C(c1ccccc1)(c1ccccc1)c1ccccc1. The minimum absolute atomic E-state index is 0.456. The Morgan fingerprint density at radius 3 is 1.13 bits per heavy atom. The van der Waals surface area contributed by atoms with Crippen LogP contribution < -0.4 is 4.90 Å². The number of anilines is 1. The van der Waals surface area contributed by atoms with Crippen LogP contribution in [0.25, 0.3) is 21.8 Å². The van der Waals surface area contributed by atoms with Crippen molar-refractivity contribution < 1.29 is 4.74 Å². The third-order valence-electron chi connectivity index (χ3n) is 12.7. The molecule has 11 rings (SSSR count). The molecule has 332 valence electrons. The van der Waals surface area contributed by atoms with Gasteiger partial charge in [0, 0.05) is 25.2 Å². The normalized spacial score (nSPS) is 13.1. The van der Waals surface area contributed by atoms with Gasteiger partial charge >= 0.3 is 0 Å². The fraction of sp³-hybridized carbons (Fsp3) is 0.143. The van der Waals surface area contributed by atoms with E-state index in [1.807, 2.05) is 44.2 Å². The largest absolute Gasteiger partial charge is 0.378 e. The van der Waals surface area contributed by atoms with Crippen LogP contribution in [0.2, 0.25) is 10.3 Å². The summed E-state index contributed by atoms with van der Waals surface area (Å²) < 4.78 is 10.8. The summed E-state index contributed by atoms with van der Waals surface area (Å²) in [5, 5.41) is 13.5. The molecule has 0 atom stereocenters. The lowest BCUT2D eigenvalue weighted by molar-refractivity contribution is 0.122. The van der Waals surface area contributed by atoms with E-state index in [0.717, 1.165) is 89.2 Å². The van der Waals surface area contributed by atoms with Crippen molar-refractivity contribution in [1.82, 2.24) is 29.5 Å². The van der Waals surface area contributed by atoms with Gasteiger partial charge < -0.3 is 9.64 Å². The van der Waals surface area contributed by atoms with Crippen LogP contribution in [-0.2, 0) is 15.8 Å². The number of ether oxygens (including phenoxy) is 1. The van der Waals surface area contributed by atoms with Crippen LogP contribution in [0.15, 0.2) is 194 Å². The van der Waals surface area contributed by atoms with E-state index in [2.05, 4.69) is 211 Å².